The van der Waals surface area contributed by atoms with Gasteiger partial charge < -0.3 is 19.0 Å². The molecule has 0 amide bonds. The van der Waals surface area contributed by atoms with Gasteiger partial charge in [0.2, 0.25) is 0 Å². The first kappa shape index (κ1) is 26.2. The largest absolute Gasteiger partial charge is 0.486 e. The molecular weight excluding hydrogens is 503 g/mol. The van der Waals surface area contributed by atoms with Crippen molar-refractivity contribution >= 4 is 34.6 Å². The third-order valence-corrected chi connectivity index (χ3v) is 7.27. The van der Waals surface area contributed by atoms with E-state index < -0.39 is 0 Å². The minimum Gasteiger partial charge on any atom is -0.486 e. The Kier molecular flexibility index (Phi) is 8.56. The minimum atomic E-state index is -0.261. The molecule has 1 aromatic heterocycles. The third kappa shape index (κ3) is 6.34. The number of halogens is 2. The lowest BCUT2D eigenvalue weighted by Gasteiger charge is -2.36. The van der Waals surface area contributed by atoms with Crippen LogP contribution < -0.4 is 9.64 Å². The Bertz CT molecular complexity index is 1350. The van der Waals surface area contributed by atoms with Gasteiger partial charge in [0.15, 0.2) is 0 Å². The number of hydrogen-bond acceptors (Lipinski definition) is 5. The Morgan fingerprint density at radius 3 is 2.47 bits per heavy atom. The number of para-hydroxylation sites is 1. The van der Waals surface area contributed by atoms with Crippen molar-refractivity contribution in [2.75, 3.05) is 37.6 Å². The summed E-state index contributed by atoms with van der Waals surface area (Å²) >= 11 is 6.11. The van der Waals surface area contributed by atoms with Crippen molar-refractivity contribution in [3.05, 3.63) is 89.0 Å². The molecule has 0 spiro atoms. The topological polar surface area (TPSA) is 50.6 Å². The molecular formula is C30H32ClFN4O2. The Morgan fingerprint density at radius 2 is 1.74 bits per heavy atom. The fraction of sp³-hybridized carbons (Fsp3) is 0.333. The van der Waals surface area contributed by atoms with Gasteiger partial charge in [-0.3, -0.25) is 4.90 Å². The normalized spacial score (nSPS) is 14.2. The van der Waals surface area contributed by atoms with Crippen LogP contribution in [0.1, 0.15) is 30.7 Å². The zero-order chi connectivity index (χ0) is 26.3. The highest BCUT2D eigenvalue weighted by molar-refractivity contribution is 6.30. The summed E-state index contributed by atoms with van der Waals surface area (Å²) in [5.74, 6) is 1.23. The van der Waals surface area contributed by atoms with E-state index in [1.165, 1.54) is 0 Å². The smallest absolute Gasteiger partial charge is 0.148 e. The SMILES string of the molecule is O=CCCCCN1CCN(c2cc3c(cc2F)nc(COc2ccccc2)n3Cc2ccc(Cl)cc2)CC1. The van der Waals surface area contributed by atoms with Crippen LogP contribution in [0.4, 0.5) is 10.1 Å². The molecule has 0 aliphatic carbocycles. The molecule has 1 aliphatic heterocycles. The number of carbonyl (C=O) groups is 1. The minimum absolute atomic E-state index is 0.261. The Hall–Kier alpha value is -3.42. The molecule has 1 fully saturated rings. The Balaban J connectivity index is 1.39. The number of benzene rings is 3. The van der Waals surface area contributed by atoms with Crippen LogP contribution in [-0.2, 0) is 17.9 Å². The molecule has 5 rings (SSSR count). The number of ether oxygens (including phenoxy) is 1. The maximum atomic E-state index is 15.4. The number of hydrogen-bond donors (Lipinski definition) is 0. The first-order valence-corrected chi connectivity index (χ1v) is 13.5. The Labute approximate surface area is 227 Å². The van der Waals surface area contributed by atoms with Crippen LogP contribution >= 0.6 is 11.6 Å². The van der Waals surface area contributed by atoms with E-state index >= 15 is 4.39 Å². The zero-order valence-electron chi connectivity index (χ0n) is 21.4. The predicted octanol–water partition coefficient (Wildman–Crippen LogP) is 5.95. The molecule has 2 heterocycles. The molecule has 0 N–H and O–H groups in total. The van der Waals surface area contributed by atoms with Crippen LogP contribution in [0, 0.1) is 5.82 Å². The van der Waals surface area contributed by atoms with E-state index in [1.54, 1.807) is 6.07 Å². The summed E-state index contributed by atoms with van der Waals surface area (Å²) in [6.45, 7) is 5.07. The average Bonchev–Trinajstić information content (AvgIpc) is 3.27. The van der Waals surface area contributed by atoms with Crippen LogP contribution in [0.3, 0.4) is 0 Å². The second-order valence-electron chi connectivity index (χ2n) is 9.63. The lowest BCUT2D eigenvalue weighted by atomic mass is 10.2. The second kappa shape index (κ2) is 12.4. The van der Waals surface area contributed by atoms with Crippen molar-refractivity contribution in [3.63, 3.8) is 0 Å². The summed E-state index contributed by atoms with van der Waals surface area (Å²) in [6.07, 6.45) is 3.53. The summed E-state index contributed by atoms with van der Waals surface area (Å²) in [6, 6.07) is 20.8. The summed E-state index contributed by atoms with van der Waals surface area (Å²) in [7, 11) is 0. The highest BCUT2D eigenvalue weighted by Crippen LogP contribution is 2.29. The molecule has 198 valence electrons. The number of aldehydes is 1. The first-order chi connectivity index (χ1) is 18.6. The summed E-state index contributed by atoms with van der Waals surface area (Å²) < 4.78 is 23.5. The van der Waals surface area contributed by atoms with E-state index in [9.17, 15) is 4.79 Å². The number of unbranched alkanes of at least 4 members (excludes halogenated alkanes) is 2. The second-order valence-corrected chi connectivity index (χ2v) is 10.1. The highest BCUT2D eigenvalue weighted by atomic mass is 35.5. The van der Waals surface area contributed by atoms with Gasteiger partial charge >= 0.3 is 0 Å². The van der Waals surface area contributed by atoms with Crippen LogP contribution in [-0.4, -0.2) is 53.5 Å². The molecule has 1 saturated heterocycles. The molecule has 6 nitrogen and oxygen atoms in total. The van der Waals surface area contributed by atoms with Crippen LogP contribution in [0.15, 0.2) is 66.7 Å². The van der Waals surface area contributed by atoms with Gasteiger partial charge in [0.05, 0.1) is 16.7 Å². The van der Waals surface area contributed by atoms with Gasteiger partial charge in [-0.1, -0.05) is 41.9 Å². The van der Waals surface area contributed by atoms with E-state index in [4.69, 9.17) is 21.3 Å². The number of aromatic nitrogens is 2. The lowest BCUT2D eigenvalue weighted by Crippen LogP contribution is -2.46. The number of rotatable bonds is 11. The number of anilines is 1. The van der Waals surface area contributed by atoms with E-state index in [1.807, 2.05) is 60.7 Å². The van der Waals surface area contributed by atoms with Crippen LogP contribution in [0.2, 0.25) is 5.02 Å². The van der Waals surface area contributed by atoms with Gasteiger partial charge in [0.1, 0.15) is 30.3 Å². The number of imidazole rings is 1. The van der Waals surface area contributed by atoms with Gasteiger partial charge in [-0.05, 0) is 55.3 Å². The molecule has 8 heteroatoms. The standard InChI is InChI=1S/C30H32ClFN4O2/c31-24-11-9-23(10-12-24)21-36-29-20-28(35-16-14-34(15-17-35)13-5-2-6-18-37)26(32)19-27(29)33-30(36)22-38-25-7-3-1-4-8-25/h1,3-4,7-12,18-20H,2,5-6,13-17,21-22H2. The maximum Gasteiger partial charge on any atom is 0.148 e. The molecule has 0 bridgehead atoms. The van der Waals surface area contributed by atoms with E-state index in [0.717, 1.165) is 74.5 Å². The van der Waals surface area contributed by atoms with E-state index in [-0.39, 0.29) is 12.4 Å². The summed E-state index contributed by atoms with van der Waals surface area (Å²) in [4.78, 5) is 19.8. The molecule has 0 atom stereocenters. The van der Waals surface area contributed by atoms with Gasteiger partial charge in [-0.25, -0.2) is 9.37 Å². The molecule has 0 unspecified atom stereocenters. The van der Waals surface area contributed by atoms with Gasteiger partial charge in [-0.15, -0.1) is 0 Å². The third-order valence-electron chi connectivity index (χ3n) is 7.02. The van der Waals surface area contributed by atoms with Crippen molar-refractivity contribution in [1.82, 2.24) is 14.5 Å². The average molecular weight is 535 g/mol. The number of piperazine rings is 1. The molecule has 38 heavy (non-hydrogen) atoms. The quantitative estimate of drug-likeness (QED) is 0.176. The molecule has 0 radical (unpaired) electrons. The van der Waals surface area contributed by atoms with Crippen molar-refractivity contribution < 1.29 is 13.9 Å². The molecule has 0 saturated carbocycles. The lowest BCUT2D eigenvalue weighted by molar-refractivity contribution is -0.107. The maximum absolute atomic E-state index is 15.4. The van der Waals surface area contributed by atoms with Crippen molar-refractivity contribution in [2.24, 2.45) is 0 Å². The van der Waals surface area contributed by atoms with Crippen LogP contribution in [0.5, 0.6) is 5.75 Å². The van der Waals surface area contributed by atoms with E-state index in [0.29, 0.717) is 29.2 Å². The van der Waals surface area contributed by atoms with Crippen molar-refractivity contribution in [3.8, 4) is 5.75 Å². The fourth-order valence-electron chi connectivity index (χ4n) is 4.93. The van der Waals surface area contributed by atoms with Gasteiger partial charge in [0.25, 0.3) is 0 Å². The molecule has 3 aromatic carbocycles. The first-order valence-electron chi connectivity index (χ1n) is 13.1. The zero-order valence-corrected chi connectivity index (χ0v) is 22.1. The van der Waals surface area contributed by atoms with Crippen molar-refractivity contribution in [2.45, 2.75) is 32.4 Å². The highest BCUT2D eigenvalue weighted by Gasteiger charge is 2.22. The number of fused-ring (bicyclic) bond motifs is 1. The number of carbonyl (C=O) groups excluding carboxylic acids is 1. The fourth-order valence-corrected chi connectivity index (χ4v) is 5.05. The summed E-state index contributed by atoms with van der Waals surface area (Å²) in [5.41, 5.74) is 3.16. The van der Waals surface area contributed by atoms with Crippen molar-refractivity contribution in [1.29, 1.82) is 0 Å². The Morgan fingerprint density at radius 1 is 0.974 bits per heavy atom. The van der Waals surface area contributed by atoms with E-state index in [2.05, 4.69) is 14.4 Å². The predicted molar refractivity (Wildman–Crippen MR) is 150 cm³/mol. The molecule has 4 aromatic rings. The summed E-state index contributed by atoms with van der Waals surface area (Å²) in [5, 5.41) is 0.684. The van der Waals surface area contributed by atoms with Gasteiger partial charge in [0, 0.05) is 50.2 Å². The monoisotopic (exact) mass is 534 g/mol. The number of nitrogens with zero attached hydrogens (tertiary/aromatic N) is 4. The van der Waals surface area contributed by atoms with Crippen LogP contribution in [0.25, 0.3) is 11.0 Å². The molecule has 1 aliphatic rings. The van der Waals surface area contributed by atoms with Gasteiger partial charge in [-0.2, -0.15) is 0 Å².